The van der Waals surface area contributed by atoms with E-state index in [1.54, 1.807) is 35.0 Å². The molecule has 1 aromatic heterocycles. The molecular weight excluding hydrogens is 300 g/mol. The lowest BCUT2D eigenvalue weighted by Gasteiger charge is -2.12. The highest BCUT2D eigenvalue weighted by Crippen LogP contribution is 2.31. The van der Waals surface area contributed by atoms with Gasteiger partial charge in [-0.05, 0) is 30.3 Å². The topological polar surface area (TPSA) is 60.5 Å². The van der Waals surface area contributed by atoms with E-state index in [0.29, 0.717) is 22.7 Å². The van der Waals surface area contributed by atoms with Gasteiger partial charge in [-0.2, -0.15) is 0 Å². The molecule has 5 nitrogen and oxygen atoms in total. The van der Waals surface area contributed by atoms with Crippen LogP contribution in [0.25, 0.3) is 10.2 Å². The number of ether oxygens (including phenoxy) is 2. The summed E-state index contributed by atoms with van der Waals surface area (Å²) in [6.07, 6.45) is 0. The molecule has 3 aromatic rings. The maximum atomic E-state index is 12.5. The van der Waals surface area contributed by atoms with Crippen molar-refractivity contribution in [1.82, 2.24) is 4.98 Å². The molecule has 0 aliphatic heterocycles. The fourth-order valence-corrected chi connectivity index (χ4v) is 2.86. The second-order valence-corrected chi connectivity index (χ2v) is 5.42. The van der Waals surface area contributed by atoms with Gasteiger partial charge in [0.05, 0.1) is 35.5 Å². The van der Waals surface area contributed by atoms with E-state index in [1.165, 1.54) is 14.2 Å². The van der Waals surface area contributed by atoms with Crippen molar-refractivity contribution in [2.24, 2.45) is 0 Å². The highest BCUT2D eigenvalue weighted by molar-refractivity contribution is 7.16. The molecule has 1 N–H and O–H groups in total. The number of methoxy groups -OCH3 is 2. The summed E-state index contributed by atoms with van der Waals surface area (Å²) in [6.45, 7) is 0. The Morgan fingerprint density at radius 1 is 1.18 bits per heavy atom. The maximum Gasteiger partial charge on any atom is 0.259 e. The van der Waals surface area contributed by atoms with Crippen molar-refractivity contribution >= 4 is 33.1 Å². The van der Waals surface area contributed by atoms with Crippen LogP contribution >= 0.6 is 11.3 Å². The lowest BCUT2D eigenvalue weighted by atomic mass is 10.1. The Morgan fingerprint density at radius 3 is 2.82 bits per heavy atom. The molecular formula is C16H14N2O3S. The van der Waals surface area contributed by atoms with Gasteiger partial charge in [-0.25, -0.2) is 4.98 Å². The maximum absolute atomic E-state index is 12.5. The Morgan fingerprint density at radius 2 is 2.05 bits per heavy atom. The average Bonchev–Trinajstić information content (AvgIpc) is 3.01. The lowest BCUT2D eigenvalue weighted by molar-refractivity contribution is 0.102. The second-order valence-electron chi connectivity index (χ2n) is 4.53. The largest absolute Gasteiger partial charge is 0.493 e. The van der Waals surface area contributed by atoms with Crippen LogP contribution in [-0.2, 0) is 0 Å². The summed E-state index contributed by atoms with van der Waals surface area (Å²) in [4.78, 5) is 16.7. The summed E-state index contributed by atoms with van der Waals surface area (Å²) in [5, 5.41) is 2.86. The molecule has 0 atom stereocenters. The smallest absolute Gasteiger partial charge is 0.259 e. The van der Waals surface area contributed by atoms with Crippen molar-refractivity contribution in [2.45, 2.75) is 0 Å². The number of anilines is 1. The predicted octanol–water partition coefficient (Wildman–Crippen LogP) is 3.57. The number of carbonyl (C=O) groups is 1. The third-order valence-electron chi connectivity index (χ3n) is 3.24. The van der Waals surface area contributed by atoms with Crippen LogP contribution in [0.4, 0.5) is 5.69 Å². The van der Waals surface area contributed by atoms with Gasteiger partial charge < -0.3 is 14.8 Å². The molecule has 0 radical (unpaired) electrons. The van der Waals surface area contributed by atoms with Gasteiger partial charge in [0.2, 0.25) is 0 Å². The summed E-state index contributed by atoms with van der Waals surface area (Å²) < 4.78 is 11.6. The number of aromatic nitrogens is 1. The molecule has 0 fully saturated rings. The van der Waals surface area contributed by atoms with E-state index in [4.69, 9.17) is 9.47 Å². The third kappa shape index (κ3) is 2.60. The highest BCUT2D eigenvalue weighted by atomic mass is 32.1. The van der Waals surface area contributed by atoms with Gasteiger partial charge in [0.25, 0.3) is 5.91 Å². The first kappa shape index (κ1) is 14.3. The fraction of sp³-hybridized carbons (Fsp3) is 0.125. The number of carbonyl (C=O) groups excluding carboxylic acids is 1. The van der Waals surface area contributed by atoms with Crippen LogP contribution in [0.5, 0.6) is 11.5 Å². The van der Waals surface area contributed by atoms with Gasteiger partial charge >= 0.3 is 0 Å². The Hall–Kier alpha value is -2.60. The van der Waals surface area contributed by atoms with Gasteiger partial charge in [-0.15, -0.1) is 11.3 Å². The average molecular weight is 314 g/mol. The molecule has 6 heteroatoms. The molecule has 0 spiro atoms. The molecule has 0 saturated carbocycles. The normalized spacial score (nSPS) is 10.5. The number of nitrogens with one attached hydrogen (secondary N) is 1. The van der Waals surface area contributed by atoms with Crippen LogP contribution in [-0.4, -0.2) is 25.1 Å². The number of benzene rings is 2. The Balaban J connectivity index is 1.91. The van der Waals surface area contributed by atoms with Crippen molar-refractivity contribution in [3.63, 3.8) is 0 Å². The number of fused-ring (bicyclic) bond motifs is 1. The van der Waals surface area contributed by atoms with E-state index in [2.05, 4.69) is 10.3 Å². The lowest BCUT2D eigenvalue weighted by Crippen LogP contribution is -2.13. The Kier molecular flexibility index (Phi) is 3.93. The SMILES string of the molecule is COc1cccc(C(=O)Nc2ccc3scnc3c2)c1OC. The van der Waals surface area contributed by atoms with Crippen LogP contribution in [0.15, 0.2) is 41.9 Å². The summed E-state index contributed by atoms with van der Waals surface area (Å²) in [6, 6.07) is 10.8. The quantitative estimate of drug-likeness (QED) is 0.800. The minimum absolute atomic E-state index is 0.259. The van der Waals surface area contributed by atoms with Crippen molar-refractivity contribution in [1.29, 1.82) is 0 Å². The molecule has 0 saturated heterocycles. The fourth-order valence-electron chi connectivity index (χ4n) is 2.20. The second kappa shape index (κ2) is 6.03. The van der Waals surface area contributed by atoms with E-state index in [-0.39, 0.29) is 5.91 Å². The number of thiazole rings is 1. The Bertz CT molecular complexity index is 829. The van der Waals surface area contributed by atoms with Crippen LogP contribution in [0.1, 0.15) is 10.4 Å². The summed E-state index contributed by atoms with van der Waals surface area (Å²) in [5.41, 5.74) is 3.75. The summed E-state index contributed by atoms with van der Waals surface area (Å²) in [7, 11) is 3.05. The molecule has 0 aliphatic carbocycles. The number of amides is 1. The van der Waals surface area contributed by atoms with Gasteiger partial charge in [0, 0.05) is 5.69 Å². The molecule has 1 amide bonds. The number of nitrogens with zero attached hydrogens (tertiary/aromatic N) is 1. The van der Waals surface area contributed by atoms with Crippen molar-refractivity contribution in [3.05, 3.63) is 47.5 Å². The van der Waals surface area contributed by atoms with Gasteiger partial charge in [-0.3, -0.25) is 4.79 Å². The van der Waals surface area contributed by atoms with E-state index in [1.807, 2.05) is 18.2 Å². The van der Waals surface area contributed by atoms with Crippen LogP contribution in [0.2, 0.25) is 0 Å². The molecule has 112 valence electrons. The van der Waals surface area contributed by atoms with Crippen LogP contribution in [0.3, 0.4) is 0 Å². The first-order chi connectivity index (χ1) is 10.7. The standard InChI is InChI=1S/C16H14N2O3S/c1-20-13-5-3-4-11(15(13)21-2)16(19)18-10-6-7-14-12(8-10)17-9-22-14/h3-9H,1-2H3,(H,18,19). The molecule has 0 bridgehead atoms. The van der Waals surface area contributed by atoms with Crippen LogP contribution < -0.4 is 14.8 Å². The predicted molar refractivity (Wildman–Crippen MR) is 87.1 cm³/mol. The summed E-state index contributed by atoms with van der Waals surface area (Å²) in [5.74, 6) is 0.674. The van der Waals surface area contributed by atoms with Crippen LogP contribution in [0, 0.1) is 0 Å². The highest BCUT2D eigenvalue weighted by Gasteiger charge is 2.16. The van der Waals surface area contributed by atoms with E-state index in [0.717, 1.165) is 10.2 Å². The zero-order valence-electron chi connectivity index (χ0n) is 12.1. The number of hydrogen-bond donors (Lipinski definition) is 1. The molecule has 0 unspecified atom stereocenters. The van der Waals surface area contributed by atoms with Gasteiger partial charge in [0.1, 0.15) is 0 Å². The monoisotopic (exact) mass is 314 g/mol. The van der Waals surface area contributed by atoms with Crippen molar-refractivity contribution in [3.8, 4) is 11.5 Å². The molecule has 1 heterocycles. The van der Waals surface area contributed by atoms with E-state index < -0.39 is 0 Å². The third-order valence-corrected chi connectivity index (χ3v) is 4.05. The minimum atomic E-state index is -0.259. The van der Waals surface area contributed by atoms with E-state index >= 15 is 0 Å². The van der Waals surface area contributed by atoms with Gasteiger partial charge in [0.15, 0.2) is 11.5 Å². The molecule has 0 aliphatic rings. The zero-order valence-corrected chi connectivity index (χ0v) is 12.9. The molecule has 22 heavy (non-hydrogen) atoms. The zero-order chi connectivity index (χ0) is 15.5. The first-order valence-electron chi connectivity index (χ1n) is 6.58. The Labute approximate surface area is 131 Å². The summed E-state index contributed by atoms with van der Waals surface area (Å²) >= 11 is 1.56. The number of para-hydroxylation sites is 1. The van der Waals surface area contributed by atoms with E-state index in [9.17, 15) is 4.79 Å². The van der Waals surface area contributed by atoms with Crippen molar-refractivity contribution < 1.29 is 14.3 Å². The minimum Gasteiger partial charge on any atom is -0.493 e. The van der Waals surface area contributed by atoms with Crippen molar-refractivity contribution in [2.75, 3.05) is 19.5 Å². The number of rotatable bonds is 4. The number of hydrogen-bond acceptors (Lipinski definition) is 5. The first-order valence-corrected chi connectivity index (χ1v) is 7.46. The van der Waals surface area contributed by atoms with Gasteiger partial charge in [-0.1, -0.05) is 6.07 Å². The molecule has 3 rings (SSSR count). The molecule has 2 aromatic carbocycles.